The Morgan fingerprint density at radius 2 is 2.03 bits per heavy atom. The number of aldehydes is 1. The van der Waals surface area contributed by atoms with Gasteiger partial charge in [0.25, 0.3) is 12.3 Å². The second-order valence-corrected chi connectivity index (χ2v) is 8.13. The zero-order chi connectivity index (χ0) is 24.4. The fraction of sp³-hybridized carbons (Fsp3) is 0.208. The molecule has 1 amide bonds. The Labute approximate surface area is 198 Å². The molecule has 1 aliphatic carbocycles. The van der Waals surface area contributed by atoms with E-state index in [0.29, 0.717) is 34.8 Å². The number of hydrogen-bond donors (Lipinski definition) is 2. The van der Waals surface area contributed by atoms with Crippen LogP contribution in [0.15, 0.2) is 59.5 Å². The van der Waals surface area contributed by atoms with E-state index in [2.05, 4.69) is 25.7 Å². The van der Waals surface area contributed by atoms with Crippen LogP contribution in [0.4, 0.5) is 20.3 Å². The lowest BCUT2D eigenvalue weighted by molar-refractivity contribution is 0.102. The molecule has 0 atom stereocenters. The minimum atomic E-state index is -2.92. The van der Waals surface area contributed by atoms with Crippen molar-refractivity contribution in [2.24, 2.45) is 5.92 Å². The van der Waals surface area contributed by atoms with E-state index in [0.717, 1.165) is 12.8 Å². The van der Waals surface area contributed by atoms with Crippen molar-refractivity contribution in [3.8, 4) is 17.1 Å². The maximum absolute atomic E-state index is 13.6. The third-order valence-electron chi connectivity index (χ3n) is 5.50. The minimum Gasteiger partial charge on any atom is -0.444 e. The molecule has 11 heteroatoms. The summed E-state index contributed by atoms with van der Waals surface area (Å²) in [5.74, 6) is 0.829. The Bertz CT molecular complexity index is 1360. The molecule has 9 nitrogen and oxygen atoms in total. The highest BCUT2D eigenvalue weighted by molar-refractivity contribution is 6.03. The molecule has 178 valence electrons. The number of alkyl halides is 2. The average Bonchev–Trinajstić information content (AvgIpc) is 3.39. The summed E-state index contributed by atoms with van der Waals surface area (Å²) < 4.78 is 33.8. The minimum absolute atomic E-state index is 0.0763. The van der Waals surface area contributed by atoms with Crippen molar-refractivity contribution in [2.45, 2.75) is 19.3 Å². The molecule has 35 heavy (non-hydrogen) atoms. The number of halogens is 2. The summed E-state index contributed by atoms with van der Waals surface area (Å²) in [7, 11) is 0. The number of pyridine rings is 1. The highest BCUT2D eigenvalue weighted by Gasteiger charge is 2.23. The van der Waals surface area contributed by atoms with Gasteiger partial charge in [-0.1, -0.05) is 0 Å². The Balaban J connectivity index is 1.33. The second-order valence-electron chi connectivity index (χ2n) is 8.13. The number of carbonyl (C=O) groups excluding carboxylic acids is 2. The van der Waals surface area contributed by atoms with E-state index in [-0.39, 0.29) is 17.3 Å². The van der Waals surface area contributed by atoms with Crippen molar-refractivity contribution in [3.05, 3.63) is 72.0 Å². The molecule has 0 bridgehead atoms. The lowest BCUT2D eigenvalue weighted by atomic mass is 10.2. The van der Waals surface area contributed by atoms with E-state index in [1.807, 2.05) is 0 Å². The number of hydrogen-bond acceptors (Lipinski definition) is 7. The quantitative estimate of drug-likeness (QED) is 0.334. The maximum atomic E-state index is 13.6. The van der Waals surface area contributed by atoms with Gasteiger partial charge >= 0.3 is 0 Å². The molecule has 3 heterocycles. The van der Waals surface area contributed by atoms with Gasteiger partial charge in [-0.15, -0.1) is 0 Å². The Morgan fingerprint density at radius 1 is 1.23 bits per heavy atom. The predicted molar refractivity (Wildman–Crippen MR) is 123 cm³/mol. The highest BCUT2D eigenvalue weighted by atomic mass is 19.3. The number of amides is 1. The number of nitrogens with one attached hydrogen (secondary N) is 2. The number of nitrogens with zero attached hydrogens (tertiary/aromatic N) is 4. The van der Waals surface area contributed by atoms with Gasteiger partial charge in [0.2, 0.25) is 5.89 Å². The Kier molecular flexibility index (Phi) is 6.04. The van der Waals surface area contributed by atoms with Crippen LogP contribution in [0.5, 0.6) is 0 Å². The molecular formula is C24H20F2N6O3. The fourth-order valence-corrected chi connectivity index (χ4v) is 3.41. The fourth-order valence-electron chi connectivity index (χ4n) is 3.41. The molecule has 0 saturated heterocycles. The number of rotatable bonds is 9. The second kappa shape index (κ2) is 9.45. The van der Waals surface area contributed by atoms with E-state index in [1.165, 1.54) is 35.9 Å². The van der Waals surface area contributed by atoms with Gasteiger partial charge < -0.3 is 15.1 Å². The number of benzene rings is 1. The lowest BCUT2D eigenvalue weighted by Gasteiger charge is -2.04. The number of anilines is 2. The SMILES string of the molecule is O=Cc1ccc(-n2cc(NC(=O)c3coc(-c4ccnc(NCC5CC5)c4)n3)c(C(F)F)n2)cc1. The first-order chi connectivity index (χ1) is 17.0. The first-order valence-corrected chi connectivity index (χ1v) is 10.9. The summed E-state index contributed by atoms with van der Waals surface area (Å²) in [6, 6.07) is 9.66. The normalized spacial score (nSPS) is 13.1. The summed E-state index contributed by atoms with van der Waals surface area (Å²) in [6.07, 6.45) is 4.22. The molecule has 5 rings (SSSR count). The van der Waals surface area contributed by atoms with Crippen LogP contribution in [0.2, 0.25) is 0 Å². The average molecular weight is 478 g/mol. The van der Waals surface area contributed by atoms with Gasteiger partial charge in [-0.25, -0.2) is 23.4 Å². The molecule has 0 spiro atoms. The summed E-state index contributed by atoms with van der Waals surface area (Å²) in [6.45, 7) is 0.844. The van der Waals surface area contributed by atoms with E-state index < -0.39 is 18.0 Å². The van der Waals surface area contributed by atoms with Crippen molar-refractivity contribution < 1.29 is 22.8 Å². The molecule has 1 saturated carbocycles. The van der Waals surface area contributed by atoms with Gasteiger partial charge in [-0.05, 0) is 55.2 Å². The van der Waals surface area contributed by atoms with E-state index in [4.69, 9.17) is 4.42 Å². The molecular weight excluding hydrogens is 458 g/mol. The number of oxazole rings is 1. The molecule has 0 aliphatic heterocycles. The van der Waals surface area contributed by atoms with Crippen molar-refractivity contribution >= 4 is 23.7 Å². The van der Waals surface area contributed by atoms with E-state index >= 15 is 0 Å². The van der Waals surface area contributed by atoms with Crippen LogP contribution in [0.25, 0.3) is 17.1 Å². The smallest absolute Gasteiger partial charge is 0.284 e. The van der Waals surface area contributed by atoms with Crippen LogP contribution >= 0.6 is 0 Å². The lowest BCUT2D eigenvalue weighted by Crippen LogP contribution is -2.13. The Morgan fingerprint density at radius 3 is 2.74 bits per heavy atom. The van der Waals surface area contributed by atoms with Gasteiger partial charge in [-0.3, -0.25) is 9.59 Å². The van der Waals surface area contributed by atoms with Crippen LogP contribution in [-0.4, -0.2) is 38.5 Å². The summed E-state index contributed by atoms with van der Waals surface area (Å²) >= 11 is 0. The van der Waals surface area contributed by atoms with Crippen molar-refractivity contribution in [1.29, 1.82) is 0 Å². The summed E-state index contributed by atoms with van der Waals surface area (Å²) in [4.78, 5) is 32.0. The monoisotopic (exact) mass is 478 g/mol. The number of carbonyl (C=O) groups is 2. The van der Waals surface area contributed by atoms with Crippen molar-refractivity contribution in [3.63, 3.8) is 0 Å². The molecule has 4 aromatic rings. The van der Waals surface area contributed by atoms with Gasteiger partial charge in [-0.2, -0.15) is 5.10 Å². The molecule has 3 aromatic heterocycles. The zero-order valence-corrected chi connectivity index (χ0v) is 18.3. The molecule has 2 N–H and O–H groups in total. The van der Waals surface area contributed by atoms with Crippen molar-refractivity contribution in [2.75, 3.05) is 17.2 Å². The van der Waals surface area contributed by atoms with Crippen LogP contribution in [0.1, 0.15) is 45.8 Å². The molecule has 1 aliphatic rings. The standard InChI is InChI=1S/C24H20F2N6O3/c25-22(26)21-18(11-32(31-21)17-5-3-15(12-33)4-6-17)29-23(34)19-13-35-24(30-19)16-7-8-27-20(9-16)28-10-14-1-2-14/h3-9,11-14,22H,1-2,10H2,(H,27,28)(H,29,34). The van der Waals surface area contributed by atoms with Gasteiger partial charge in [0.05, 0.1) is 17.6 Å². The maximum Gasteiger partial charge on any atom is 0.284 e. The van der Waals surface area contributed by atoms with E-state index in [9.17, 15) is 18.4 Å². The molecule has 1 fully saturated rings. The first kappa shape index (κ1) is 22.4. The highest BCUT2D eigenvalue weighted by Crippen LogP contribution is 2.30. The largest absolute Gasteiger partial charge is 0.444 e. The third kappa shape index (κ3) is 5.08. The van der Waals surface area contributed by atoms with Gasteiger partial charge in [0.15, 0.2) is 11.4 Å². The van der Waals surface area contributed by atoms with Crippen LogP contribution in [0.3, 0.4) is 0 Å². The molecule has 1 aromatic carbocycles. The molecule has 0 unspecified atom stereocenters. The van der Waals surface area contributed by atoms with E-state index in [1.54, 1.807) is 30.5 Å². The van der Waals surface area contributed by atoms with Crippen LogP contribution < -0.4 is 10.6 Å². The topological polar surface area (TPSA) is 115 Å². The van der Waals surface area contributed by atoms with Gasteiger partial charge in [0, 0.05) is 23.9 Å². The third-order valence-corrected chi connectivity index (χ3v) is 5.50. The van der Waals surface area contributed by atoms with Crippen LogP contribution in [-0.2, 0) is 0 Å². The first-order valence-electron chi connectivity index (χ1n) is 10.9. The summed E-state index contributed by atoms with van der Waals surface area (Å²) in [5.41, 5.74) is 0.673. The van der Waals surface area contributed by atoms with Gasteiger partial charge in [0.1, 0.15) is 18.4 Å². The number of aromatic nitrogens is 4. The van der Waals surface area contributed by atoms with Crippen LogP contribution in [0, 0.1) is 5.92 Å². The Hall–Kier alpha value is -4.41. The predicted octanol–water partition coefficient (Wildman–Crippen LogP) is 4.75. The van der Waals surface area contributed by atoms with Crippen molar-refractivity contribution in [1.82, 2.24) is 19.7 Å². The summed E-state index contributed by atoms with van der Waals surface area (Å²) in [5, 5.41) is 9.58. The molecule has 0 radical (unpaired) electrons. The zero-order valence-electron chi connectivity index (χ0n) is 18.3.